The van der Waals surface area contributed by atoms with Gasteiger partial charge in [0.05, 0.1) is 18.8 Å². The van der Waals surface area contributed by atoms with E-state index in [1.165, 1.54) is 5.57 Å². The molecule has 0 heterocycles. The van der Waals surface area contributed by atoms with Crippen molar-refractivity contribution < 1.29 is 29.3 Å². The Morgan fingerprint density at radius 3 is 2.68 bits per heavy atom. The first-order valence-corrected chi connectivity index (χ1v) is 13.9. The summed E-state index contributed by atoms with van der Waals surface area (Å²) in [6, 6.07) is 8.92. The Kier molecular flexibility index (Phi) is 11.6. The molecule has 0 aliphatic heterocycles. The van der Waals surface area contributed by atoms with Crippen molar-refractivity contribution in [2.45, 2.75) is 84.0 Å². The van der Waals surface area contributed by atoms with Gasteiger partial charge >= 0.3 is 11.9 Å². The van der Waals surface area contributed by atoms with Crippen molar-refractivity contribution in [3.05, 3.63) is 59.7 Å². The maximum atomic E-state index is 12.5. The van der Waals surface area contributed by atoms with E-state index >= 15 is 0 Å². The zero-order valence-corrected chi connectivity index (χ0v) is 22.8. The van der Waals surface area contributed by atoms with Crippen LogP contribution in [0.15, 0.2) is 54.1 Å². The molecular formula is C32H42O6. The van der Waals surface area contributed by atoms with Crippen LogP contribution in [-0.4, -0.2) is 41.0 Å². The monoisotopic (exact) mass is 522 g/mol. The molecule has 1 aromatic rings. The summed E-state index contributed by atoms with van der Waals surface area (Å²) in [5.41, 5.74) is 1.97. The van der Waals surface area contributed by atoms with Crippen LogP contribution in [0.4, 0.5) is 0 Å². The molecule has 0 saturated heterocycles. The van der Waals surface area contributed by atoms with Crippen LogP contribution < -0.4 is 0 Å². The van der Waals surface area contributed by atoms with Crippen LogP contribution in [-0.2, 0) is 19.1 Å². The first-order valence-electron chi connectivity index (χ1n) is 13.9. The van der Waals surface area contributed by atoms with E-state index in [0.717, 1.165) is 25.7 Å². The molecule has 7 atom stereocenters. The highest BCUT2D eigenvalue weighted by atomic mass is 16.6. The average Bonchev–Trinajstić information content (AvgIpc) is 3.43. The Labute approximate surface area is 227 Å². The highest BCUT2D eigenvalue weighted by Gasteiger charge is 2.45. The second-order valence-corrected chi connectivity index (χ2v) is 10.5. The van der Waals surface area contributed by atoms with Crippen LogP contribution in [0.1, 0.15) is 77.4 Å². The number of carbonyl (C=O) groups is 2. The van der Waals surface area contributed by atoms with Gasteiger partial charge in [-0.05, 0) is 63.7 Å². The maximum absolute atomic E-state index is 12.5. The first kappa shape index (κ1) is 29.7. The van der Waals surface area contributed by atoms with E-state index in [0.29, 0.717) is 30.2 Å². The predicted octanol–water partition coefficient (Wildman–Crippen LogP) is 5.30. The number of hydrogen-bond donors (Lipinski definition) is 2. The standard InChI is InChI=1S/C32H42O6/c1-4-6-12-22(3)28(33)18-17-26-27-20-23(19-25(27)21-29(26)34)13-10-11-16-30(35)38-31(32(36)37-5-2)24-14-8-7-9-15-24/h7-9,13-15,17-18,22,25-29,31,33-34H,5,10-12,16,19-21H2,1-3H3/t22?,25-,26+,27-,28+,29+,31?/m0/s1. The van der Waals surface area contributed by atoms with E-state index in [9.17, 15) is 19.8 Å². The lowest BCUT2D eigenvalue weighted by molar-refractivity contribution is -0.168. The minimum atomic E-state index is -1.05. The Bertz CT molecular complexity index is 1030. The zero-order chi connectivity index (χ0) is 27.5. The Balaban J connectivity index is 1.47. The number of ether oxygens (including phenoxy) is 2. The molecule has 2 aliphatic carbocycles. The molecule has 2 aliphatic rings. The quantitative estimate of drug-likeness (QED) is 0.167. The van der Waals surface area contributed by atoms with Gasteiger partial charge in [-0.3, -0.25) is 4.79 Å². The largest absolute Gasteiger partial charge is 0.463 e. The fourth-order valence-electron chi connectivity index (χ4n) is 5.60. The number of rotatable bonds is 12. The molecule has 3 rings (SSSR count). The van der Waals surface area contributed by atoms with E-state index in [1.807, 2.05) is 25.1 Å². The Hall–Kier alpha value is -2.88. The molecule has 2 N–H and O–H groups in total. The highest BCUT2D eigenvalue weighted by Crippen LogP contribution is 2.50. The molecule has 2 fully saturated rings. The van der Waals surface area contributed by atoms with Crippen LogP contribution in [0, 0.1) is 35.5 Å². The van der Waals surface area contributed by atoms with Crippen molar-refractivity contribution in [1.29, 1.82) is 0 Å². The Morgan fingerprint density at radius 2 is 1.97 bits per heavy atom. The third-order valence-corrected chi connectivity index (χ3v) is 7.70. The molecule has 0 aromatic heterocycles. The van der Waals surface area contributed by atoms with Gasteiger partial charge in [0.2, 0.25) is 6.10 Å². The number of fused-ring (bicyclic) bond motifs is 1. The summed E-state index contributed by atoms with van der Waals surface area (Å²) >= 11 is 0. The van der Waals surface area contributed by atoms with Crippen molar-refractivity contribution >= 4 is 11.9 Å². The van der Waals surface area contributed by atoms with E-state index in [2.05, 4.69) is 17.9 Å². The first-order chi connectivity index (χ1) is 18.3. The van der Waals surface area contributed by atoms with Gasteiger partial charge in [0, 0.05) is 24.3 Å². The lowest BCUT2D eigenvalue weighted by atomic mass is 9.89. The van der Waals surface area contributed by atoms with E-state index in [-0.39, 0.29) is 31.0 Å². The molecule has 6 heteroatoms. The summed E-state index contributed by atoms with van der Waals surface area (Å²) in [7, 11) is 0. The number of unbranched alkanes of at least 4 members (excludes halogenated alkanes) is 1. The minimum Gasteiger partial charge on any atom is -0.463 e. The van der Waals surface area contributed by atoms with Crippen molar-refractivity contribution in [2.24, 2.45) is 23.7 Å². The van der Waals surface area contributed by atoms with Gasteiger partial charge in [-0.2, -0.15) is 0 Å². The second kappa shape index (κ2) is 14.9. The Morgan fingerprint density at radius 1 is 1.21 bits per heavy atom. The lowest BCUT2D eigenvalue weighted by Gasteiger charge is -2.19. The van der Waals surface area contributed by atoms with Crippen LogP contribution in [0.2, 0.25) is 0 Å². The lowest BCUT2D eigenvalue weighted by Crippen LogP contribution is -2.22. The summed E-state index contributed by atoms with van der Waals surface area (Å²) in [4.78, 5) is 24.8. The number of aliphatic hydroxyl groups excluding tert-OH is 2. The second-order valence-electron chi connectivity index (χ2n) is 10.5. The molecule has 206 valence electrons. The summed E-state index contributed by atoms with van der Waals surface area (Å²) in [6.45, 7) is 5.73. The van der Waals surface area contributed by atoms with Crippen molar-refractivity contribution in [1.82, 2.24) is 0 Å². The van der Waals surface area contributed by atoms with Crippen LogP contribution in [0.3, 0.4) is 0 Å². The maximum Gasteiger partial charge on any atom is 0.352 e. The summed E-state index contributed by atoms with van der Waals surface area (Å²) in [6.07, 6.45) is 9.06. The van der Waals surface area contributed by atoms with Crippen LogP contribution >= 0.6 is 0 Å². The SMILES string of the molecule is CC#CCC(C)[C@H](O)C=C[C@@H]1[C@H]2CC(=CCCCC(=O)OC(C(=O)OCC)c3ccccc3)C[C@H]2C[C@H]1O. The third-order valence-electron chi connectivity index (χ3n) is 7.70. The molecule has 0 bridgehead atoms. The fraction of sp³-hybridized carbons (Fsp3) is 0.562. The normalized spacial score (nSPS) is 25.9. The van der Waals surface area contributed by atoms with Gasteiger partial charge in [0.25, 0.3) is 0 Å². The van der Waals surface area contributed by atoms with Gasteiger partial charge in [-0.15, -0.1) is 11.8 Å². The molecule has 0 amide bonds. The highest BCUT2D eigenvalue weighted by molar-refractivity contribution is 5.80. The number of benzene rings is 1. The third kappa shape index (κ3) is 8.31. The summed E-state index contributed by atoms with van der Waals surface area (Å²) in [5.74, 6) is 5.85. The average molecular weight is 523 g/mol. The number of allylic oxidation sites excluding steroid dienone is 2. The number of aliphatic hydroxyl groups is 2. The fourth-order valence-corrected chi connectivity index (χ4v) is 5.60. The number of hydrogen-bond acceptors (Lipinski definition) is 6. The van der Waals surface area contributed by atoms with Gasteiger partial charge in [-0.1, -0.05) is 61.1 Å². The number of carbonyl (C=O) groups excluding carboxylic acids is 2. The van der Waals surface area contributed by atoms with Gasteiger partial charge < -0.3 is 19.7 Å². The van der Waals surface area contributed by atoms with E-state index < -0.39 is 24.1 Å². The van der Waals surface area contributed by atoms with Gasteiger partial charge in [0.15, 0.2) is 0 Å². The topological polar surface area (TPSA) is 93.1 Å². The zero-order valence-electron chi connectivity index (χ0n) is 22.8. The molecule has 2 unspecified atom stereocenters. The molecule has 6 nitrogen and oxygen atoms in total. The van der Waals surface area contributed by atoms with Crippen LogP contribution in [0.25, 0.3) is 0 Å². The smallest absolute Gasteiger partial charge is 0.352 e. The van der Waals surface area contributed by atoms with Gasteiger partial charge in [0.1, 0.15) is 0 Å². The molecular weight excluding hydrogens is 480 g/mol. The van der Waals surface area contributed by atoms with Crippen molar-refractivity contribution in [3.63, 3.8) is 0 Å². The molecule has 0 spiro atoms. The van der Waals surface area contributed by atoms with Crippen molar-refractivity contribution in [2.75, 3.05) is 6.61 Å². The molecule has 38 heavy (non-hydrogen) atoms. The van der Waals surface area contributed by atoms with Gasteiger partial charge in [-0.25, -0.2) is 4.79 Å². The summed E-state index contributed by atoms with van der Waals surface area (Å²) in [5, 5.41) is 21.1. The summed E-state index contributed by atoms with van der Waals surface area (Å²) < 4.78 is 10.6. The van der Waals surface area contributed by atoms with Crippen molar-refractivity contribution in [3.8, 4) is 11.8 Å². The molecule has 2 saturated carbocycles. The van der Waals surface area contributed by atoms with Crippen LogP contribution in [0.5, 0.6) is 0 Å². The van der Waals surface area contributed by atoms with E-state index in [4.69, 9.17) is 9.47 Å². The van der Waals surface area contributed by atoms with E-state index in [1.54, 1.807) is 38.1 Å². The molecule has 1 aromatic carbocycles. The predicted molar refractivity (Wildman–Crippen MR) is 147 cm³/mol. The minimum absolute atomic E-state index is 0.0535. The number of esters is 2. The molecule has 0 radical (unpaired) electrons.